The minimum atomic E-state index is -0.552. The number of amides is 1. The molecule has 0 aliphatic rings. The highest BCUT2D eigenvalue weighted by molar-refractivity contribution is 5.89. The summed E-state index contributed by atoms with van der Waals surface area (Å²) in [6, 6.07) is 8.00. The number of methoxy groups -OCH3 is 1. The molecule has 0 aliphatic carbocycles. The summed E-state index contributed by atoms with van der Waals surface area (Å²) in [6.07, 6.45) is 1.81. The van der Waals surface area contributed by atoms with Gasteiger partial charge in [-0.2, -0.15) is 0 Å². The quantitative estimate of drug-likeness (QED) is 0.781. The zero-order chi connectivity index (χ0) is 15.4. The van der Waals surface area contributed by atoms with Gasteiger partial charge in [0, 0.05) is 11.6 Å². The molecule has 5 heteroatoms. The number of carbonyl (C=O) groups is 1. The van der Waals surface area contributed by atoms with E-state index in [-0.39, 0.29) is 22.7 Å². The van der Waals surface area contributed by atoms with Crippen LogP contribution in [-0.2, 0) is 4.79 Å². The minimum absolute atomic E-state index is 0.182. The van der Waals surface area contributed by atoms with Gasteiger partial charge in [-0.1, -0.05) is 18.7 Å². The molecule has 1 amide bonds. The fourth-order valence-corrected chi connectivity index (χ4v) is 1.95. The lowest BCUT2D eigenvalue weighted by Gasteiger charge is -2.21. The first-order chi connectivity index (χ1) is 10.1. The topological polar surface area (TPSA) is 29.5 Å². The van der Waals surface area contributed by atoms with E-state index >= 15 is 0 Å². The Labute approximate surface area is 121 Å². The zero-order valence-electron chi connectivity index (χ0n) is 11.3. The third-order valence-corrected chi connectivity index (χ3v) is 2.97. The fourth-order valence-electron chi connectivity index (χ4n) is 1.95. The average molecular weight is 289 g/mol. The maximum Gasteiger partial charge on any atom is 0.218 e. The van der Waals surface area contributed by atoms with Gasteiger partial charge in [-0.25, -0.2) is 8.78 Å². The van der Waals surface area contributed by atoms with E-state index in [9.17, 15) is 13.6 Å². The summed E-state index contributed by atoms with van der Waals surface area (Å²) in [7, 11) is 1.40. The smallest absolute Gasteiger partial charge is 0.218 e. The van der Waals surface area contributed by atoms with Gasteiger partial charge in [0.25, 0.3) is 0 Å². The van der Waals surface area contributed by atoms with Gasteiger partial charge < -0.3 is 4.74 Å². The summed E-state index contributed by atoms with van der Waals surface area (Å²) in [5, 5.41) is 0. The lowest BCUT2D eigenvalue weighted by molar-refractivity contribution is -0.106. The van der Waals surface area contributed by atoms with Crippen molar-refractivity contribution in [3.63, 3.8) is 0 Å². The Bertz CT molecular complexity index is 686. The van der Waals surface area contributed by atoms with E-state index in [0.29, 0.717) is 6.41 Å². The number of ether oxygens (including phenoxy) is 1. The zero-order valence-corrected chi connectivity index (χ0v) is 11.3. The summed E-state index contributed by atoms with van der Waals surface area (Å²) in [5.41, 5.74) is 0.705. The number of anilines is 2. The van der Waals surface area contributed by atoms with E-state index in [0.717, 1.165) is 11.0 Å². The van der Waals surface area contributed by atoms with Gasteiger partial charge in [-0.05, 0) is 24.3 Å². The molecule has 2 rings (SSSR count). The van der Waals surface area contributed by atoms with Gasteiger partial charge in [0.2, 0.25) is 6.41 Å². The maximum absolute atomic E-state index is 13.9. The predicted octanol–water partition coefficient (Wildman–Crippen LogP) is 3.91. The molecule has 0 spiro atoms. The van der Waals surface area contributed by atoms with Crippen LogP contribution in [0, 0.1) is 11.6 Å². The van der Waals surface area contributed by atoms with E-state index in [1.54, 1.807) is 0 Å². The molecule has 21 heavy (non-hydrogen) atoms. The van der Waals surface area contributed by atoms with E-state index in [1.165, 1.54) is 43.5 Å². The summed E-state index contributed by atoms with van der Waals surface area (Å²) in [4.78, 5) is 12.5. The number of hydrogen-bond donors (Lipinski definition) is 0. The van der Waals surface area contributed by atoms with Crippen LogP contribution in [0.5, 0.6) is 5.75 Å². The summed E-state index contributed by atoms with van der Waals surface area (Å²) >= 11 is 0. The number of nitrogens with zero attached hydrogens (tertiary/aromatic N) is 1. The monoisotopic (exact) mass is 289 g/mol. The van der Waals surface area contributed by atoms with Crippen LogP contribution in [0.4, 0.5) is 20.2 Å². The number of halogens is 2. The second-order valence-corrected chi connectivity index (χ2v) is 4.20. The first-order valence-electron chi connectivity index (χ1n) is 6.10. The molecule has 0 aliphatic heterocycles. The van der Waals surface area contributed by atoms with Gasteiger partial charge in [-0.15, -0.1) is 0 Å². The van der Waals surface area contributed by atoms with Crippen molar-refractivity contribution in [1.82, 2.24) is 0 Å². The SMILES string of the molecule is C=Cc1cc(OC)c(N(C=O)c2cccc(F)c2)cc1F. The van der Waals surface area contributed by atoms with Crippen molar-refractivity contribution in [2.75, 3.05) is 12.0 Å². The first kappa shape index (κ1) is 14.7. The van der Waals surface area contributed by atoms with Crippen LogP contribution in [-0.4, -0.2) is 13.5 Å². The first-order valence-corrected chi connectivity index (χ1v) is 6.10. The summed E-state index contributed by atoms with van der Waals surface area (Å²) in [6.45, 7) is 3.50. The molecular weight excluding hydrogens is 276 g/mol. The Morgan fingerprint density at radius 1 is 1.24 bits per heavy atom. The molecule has 0 saturated carbocycles. The van der Waals surface area contributed by atoms with Crippen molar-refractivity contribution in [3.8, 4) is 5.75 Å². The van der Waals surface area contributed by atoms with E-state index < -0.39 is 11.6 Å². The highest BCUT2D eigenvalue weighted by Crippen LogP contribution is 2.35. The number of carbonyl (C=O) groups excluding carboxylic acids is 1. The molecule has 2 aromatic carbocycles. The van der Waals surface area contributed by atoms with E-state index in [4.69, 9.17) is 4.74 Å². The van der Waals surface area contributed by atoms with Crippen LogP contribution in [0.25, 0.3) is 6.08 Å². The summed E-state index contributed by atoms with van der Waals surface area (Å²) in [5.74, 6) is -0.770. The molecule has 0 heterocycles. The largest absolute Gasteiger partial charge is 0.495 e. The highest BCUT2D eigenvalue weighted by atomic mass is 19.1. The Morgan fingerprint density at radius 2 is 2.00 bits per heavy atom. The third-order valence-electron chi connectivity index (χ3n) is 2.97. The third kappa shape index (κ3) is 2.91. The molecule has 2 aromatic rings. The number of benzene rings is 2. The van der Waals surface area contributed by atoms with Gasteiger partial charge in [0.05, 0.1) is 18.5 Å². The van der Waals surface area contributed by atoms with Gasteiger partial charge in [0.15, 0.2) is 0 Å². The van der Waals surface area contributed by atoms with Crippen molar-refractivity contribution in [1.29, 1.82) is 0 Å². The van der Waals surface area contributed by atoms with Crippen LogP contribution in [0.1, 0.15) is 5.56 Å². The number of hydrogen-bond acceptors (Lipinski definition) is 2. The van der Waals surface area contributed by atoms with Crippen LogP contribution < -0.4 is 9.64 Å². The Morgan fingerprint density at radius 3 is 2.57 bits per heavy atom. The maximum atomic E-state index is 13.9. The minimum Gasteiger partial charge on any atom is -0.495 e. The molecule has 0 unspecified atom stereocenters. The standard InChI is InChI=1S/C16H13F2NO2/c1-3-11-7-16(21-2)15(9-14(11)18)19(10-20)13-6-4-5-12(17)8-13/h3-10H,1H2,2H3. The van der Waals surface area contributed by atoms with Crippen molar-refractivity contribution < 1.29 is 18.3 Å². The molecule has 0 atom stereocenters. The molecule has 0 saturated heterocycles. The van der Waals surface area contributed by atoms with E-state index in [1.807, 2.05) is 0 Å². The summed E-state index contributed by atoms with van der Waals surface area (Å²) < 4.78 is 32.4. The average Bonchev–Trinajstić information content (AvgIpc) is 2.48. The van der Waals surface area contributed by atoms with Crippen molar-refractivity contribution in [2.24, 2.45) is 0 Å². The van der Waals surface area contributed by atoms with Crippen LogP contribution in [0.3, 0.4) is 0 Å². The normalized spacial score (nSPS) is 10.0. The fraction of sp³-hybridized carbons (Fsp3) is 0.0625. The van der Waals surface area contributed by atoms with Crippen LogP contribution >= 0.6 is 0 Å². The van der Waals surface area contributed by atoms with Gasteiger partial charge >= 0.3 is 0 Å². The molecule has 0 radical (unpaired) electrons. The molecule has 0 bridgehead atoms. The van der Waals surface area contributed by atoms with Gasteiger partial charge in [0.1, 0.15) is 17.4 Å². The Hall–Kier alpha value is -2.69. The second kappa shape index (κ2) is 6.17. The number of rotatable bonds is 5. The molecule has 0 N–H and O–H groups in total. The lowest BCUT2D eigenvalue weighted by Crippen LogP contribution is -2.15. The van der Waals surface area contributed by atoms with Crippen molar-refractivity contribution >= 4 is 23.9 Å². The van der Waals surface area contributed by atoms with Crippen molar-refractivity contribution in [3.05, 3.63) is 60.2 Å². The molecule has 0 aromatic heterocycles. The second-order valence-electron chi connectivity index (χ2n) is 4.20. The molecule has 108 valence electrons. The van der Waals surface area contributed by atoms with Crippen LogP contribution in [0.2, 0.25) is 0 Å². The molecule has 3 nitrogen and oxygen atoms in total. The predicted molar refractivity (Wildman–Crippen MR) is 77.6 cm³/mol. The van der Waals surface area contributed by atoms with Crippen molar-refractivity contribution in [2.45, 2.75) is 0 Å². The van der Waals surface area contributed by atoms with E-state index in [2.05, 4.69) is 6.58 Å². The highest BCUT2D eigenvalue weighted by Gasteiger charge is 2.17. The molecular formula is C16H13F2NO2. The lowest BCUT2D eigenvalue weighted by atomic mass is 10.1. The van der Waals surface area contributed by atoms with Crippen LogP contribution in [0.15, 0.2) is 43.0 Å². The Balaban J connectivity index is 2.59. The molecule has 0 fully saturated rings. The Kier molecular flexibility index (Phi) is 4.33. The van der Waals surface area contributed by atoms with Gasteiger partial charge in [-0.3, -0.25) is 9.69 Å².